The van der Waals surface area contributed by atoms with E-state index >= 15 is 0 Å². The first-order valence-corrected chi connectivity index (χ1v) is 7.75. The van der Waals surface area contributed by atoms with Crippen molar-refractivity contribution in [3.8, 4) is 0 Å². The number of benzene rings is 1. The van der Waals surface area contributed by atoms with Crippen LogP contribution in [-0.2, 0) is 0 Å². The third-order valence-corrected chi connectivity index (χ3v) is 4.36. The van der Waals surface area contributed by atoms with Crippen molar-refractivity contribution >= 4 is 40.7 Å². The SMILES string of the molecule is O=C(c1c(Cl)cccc1Cl)N1CCCCC1CCCl. The van der Waals surface area contributed by atoms with Crippen LogP contribution in [0.1, 0.15) is 36.0 Å². The van der Waals surface area contributed by atoms with Gasteiger partial charge in [0.15, 0.2) is 0 Å². The number of alkyl halides is 1. The molecule has 0 bridgehead atoms. The van der Waals surface area contributed by atoms with E-state index in [1.807, 2.05) is 4.90 Å². The molecule has 1 aromatic carbocycles. The van der Waals surface area contributed by atoms with Crippen LogP contribution in [-0.4, -0.2) is 29.3 Å². The Morgan fingerprint density at radius 2 is 1.95 bits per heavy atom. The fraction of sp³-hybridized carbons (Fsp3) is 0.500. The van der Waals surface area contributed by atoms with Gasteiger partial charge in [0, 0.05) is 18.5 Å². The molecule has 1 aliphatic rings. The van der Waals surface area contributed by atoms with Crippen LogP contribution in [0.3, 0.4) is 0 Å². The van der Waals surface area contributed by atoms with Crippen molar-refractivity contribution in [1.82, 2.24) is 4.90 Å². The van der Waals surface area contributed by atoms with Crippen molar-refractivity contribution in [2.24, 2.45) is 0 Å². The second kappa shape index (κ2) is 6.83. The van der Waals surface area contributed by atoms with Crippen molar-refractivity contribution in [3.63, 3.8) is 0 Å². The molecular formula is C14H16Cl3NO. The van der Waals surface area contributed by atoms with Crippen molar-refractivity contribution in [1.29, 1.82) is 0 Å². The maximum atomic E-state index is 12.6. The molecule has 1 atom stereocenters. The minimum absolute atomic E-state index is 0.0783. The predicted molar refractivity (Wildman–Crippen MR) is 80.5 cm³/mol. The number of halogens is 3. The molecule has 1 fully saturated rings. The molecule has 1 amide bonds. The number of piperidine rings is 1. The Morgan fingerprint density at radius 3 is 2.58 bits per heavy atom. The third kappa shape index (κ3) is 3.36. The number of rotatable bonds is 3. The first-order chi connectivity index (χ1) is 9.15. The highest BCUT2D eigenvalue weighted by Crippen LogP contribution is 2.29. The summed E-state index contributed by atoms with van der Waals surface area (Å²) in [6, 6.07) is 5.34. The first kappa shape index (κ1) is 15.0. The van der Waals surface area contributed by atoms with Crippen LogP contribution >= 0.6 is 34.8 Å². The van der Waals surface area contributed by atoms with E-state index in [1.165, 1.54) is 0 Å². The van der Waals surface area contributed by atoms with Gasteiger partial charge in [-0.15, -0.1) is 11.6 Å². The van der Waals surface area contributed by atoms with E-state index in [0.29, 0.717) is 21.5 Å². The summed E-state index contributed by atoms with van der Waals surface area (Å²) in [5.41, 5.74) is 0.410. The molecule has 1 aliphatic heterocycles. The number of likely N-dealkylation sites (tertiary alicyclic amines) is 1. The van der Waals surface area contributed by atoms with Gasteiger partial charge in [0.25, 0.3) is 5.91 Å². The van der Waals surface area contributed by atoms with E-state index in [1.54, 1.807) is 18.2 Å². The molecule has 1 heterocycles. The molecule has 19 heavy (non-hydrogen) atoms. The molecule has 2 rings (SSSR count). The number of amides is 1. The Hall–Kier alpha value is -0.440. The number of hydrogen-bond acceptors (Lipinski definition) is 1. The summed E-state index contributed by atoms with van der Waals surface area (Å²) in [7, 11) is 0. The quantitative estimate of drug-likeness (QED) is 0.744. The molecule has 5 heteroatoms. The van der Waals surface area contributed by atoms with Gasteiger partial charge in [-0.2, -0.15) is 0 Å². The number of hydrogen-bond donors (Lipinski definition) is 0. The van der Waals surface area contributed by atoms with E-state index in [-0.39, 0.29) is 11.9 Å². The standard InChI is InChI=1S/C14H16Cl3NO/c15-8-7-10-4-1-2-9-18(10)14(19)13-11(16)5-3-6-12(13)17/h3,5-6,10H,1-2,4,7-9H2. The fourth-order valence-electron chi connectivity index (χ4n) is 2.54. The van der Waals surface area contributed by atoms with Crippen LogP contribution in [0.2, 0.25) is 10.0 Å². The lowest BCUT2D eigenvalue weighted by Crippen LogP contribution is -2.44. The number of carbonyl (C=O) groups is 1. The average Bonchev–Trinajstić information content (AvgIpc) is 2.39. The monoisotopic (exact) mass is 319 g/mol. The minimum atomic E-state index is -0.0783. The number of carbonyl (C=O) groups excluding carboxylic acids is 1. The molecule has 1 unspecified atom stereocenters. The van der Waals surface area contributed by atoms with E-state index in [9.17, 15) is 4.79 Å². The lowest BCUT2D eigenvalue weighted by atomic mass is 9.99. The zero-order chi connectivity index (χ0) is 13.8. The summed E-state index contributed by atoms with van der Waals surface area (Å²) in [6.07, 6.45) is 3.98. The van der Waals surface area contributed by atoms with Gasteiger partial charge in [-0.25, -0.2) is 0 Å². The van der Waals surface area contributed by atoms with Gasteiger partial charge in [0.05, 0.1) is 15.6 Å². The molecule has 1 aromatic rings. The second-order valence-corrected chi connectivity index (χ2v) is 5.91. The van der Waals surface area contributed by atoms with Crippen molar-refractivity contribution < 1.29 is 4.79 Å². The van der Waals surface area contributed by atoms with Gasteiger partial charge in [0.1, 0.15) is 0 Å². The zero-order valence-electron chi connectivity index (χ0n) is 10.5. The predicted octanol–water partition coefficient (Wildman–Crippen LogP) is 4.62. The third-order valence-electron chi connectivity index (χ3n) is 3.51. The van der Waals surface area contributed by atoms with Crippen LogP contribution in [0.5, 0.6) is 0 Å². The fourth-order valence-corrected chi connectivity index (χ4v) is 3.35. The van der Waals surface area contributed by atoms with Crippen molar-refractivity contribution in [2.45, 2.75) is 31.7 Å². The lowest BCUT2D eigenvalue weighted by molar-refractivity contribution is 0.0609. The molecule has 104 valence electrons. The molecule has 0 aliphatic carbocycles. The van der Waals surface area contributed by atoms with E-state index < -0.39 is 0 Å². The smallest absolute Gasteiger partial charge is 0.257 e. The largest absolute Gasteiger partial charge is 0.336 e. The Labute approximate surface area is 128 Å². The maximum Gasteiger partial charge on any atom is 0.257 e. The summed E-state index contributed by atoms with van der Waals surface area (Å²) >= 11 is 18.0. The molecule has 0 saturated carbocycles. The Balaban J connectivity index is 2.26. The summed E-state index contributed by atoms with van der Waals surface area (Å²) < 4.78 is 0. The van der Waals surface area contributed by atoms with Gasteiger partial charge in [-0.05, 0) is 37.8 Å². The van der Waals surface area contributed by atoms with Crippen LogP contribution in [0, 0.1) is 0 Å². The highest BCUT2D eigenvalue weighted by atomic mass is 35.5. The highest BCUT2D eigenvalue weighted by molar-refractivity contribution is 6.39. The highest BCUT2D eigenvalue weighted by Gasteiger charge is 2.29. The van der Waals surface area contributed by atoms with Crippen LogP contribution in [0.15, 0.2) is 18.2 Å². The molecule has 0 N–H and O–H groups in total. The summed E-state index contributed by atoms with van der Waals surface area (Å²) in [6.45, 7) is 0.752. The van der Waals surface area contributed by atoms with E-state index in [4.69, 9.17) is 34.8 Å². The van der Waals surface area contributed by atoms with Gasteiger partial charge in [-0.1, -0.05) is 29.3 Å². The van der Waals surface area contributed by atoms with Gasteiger partial charge < -0.3 is 4.90 Å². The van der Waals surface area contributed by atoms with Gasteiger partial charge in [-0.3, -0.25) is 4.79 Å². The van der Waals surface area contributed by atoms with Crippen LogP contribution < -0.4 is 0 Å². The summed E-state index contributed by atoms with van der Waals surface area (Å²) in [5, 5.41) is 0.820. The summed E-state index contributed by atoms with van der Waals surface area (Å²) in [4.78, 5) is 14.5. The Kier molecular flexibility index (Phi) is 5.37. The molecule has 1 saturated heterocycles. The molecule has 0 spiro atoms. The first-order valence-electron chi connectivity index (χ1n) is 6.46. The van der Waals surface area contributed by atoms with Crippen molar-refractivity contribution in [3.05, 3.63) is 33.8 Å². The van der Waals surface area contributed by atoms with Crippen molar-refractivity contribution in [2.75, 3.05) is 12.4 Å². The summed E-state index contributed by atoms with van der Waals surface area (Å²) in [5.74, 6) is 0.482. The minimum Gasteiger partial charge on any atom is -0.336 e. The molecule has 2 nitrogen and oxygen atoms in total. The Bertz CT molecular complexity index is 442. The normalized spacial score (nSPS) is 19.5. The zero-order valence-corrected chi connectivity index (χ0v) is 12.8. The van der Waals surface area contributed by atoms with Crippen LogP contribution in [0.4, 0.5) is 0 Å². The van der Waals surface area contributed by atoms with Gasteiger partial charge >= 0.3 is 0 Å². The van der Waals surface area contributed by atoms with E-state index in [0.717, 1.165) is 32.2 Å². The topological polar surface area (TPSA) is 20.3 Å². The van der Waals surface area contributed by atoms with Crippen LogP contribution in [0.25, 0.3) is 0 Å². The molecule has 0 aromatic heterocycles. The second-order valence-electron chi connectivity index (χ2n) is 4.72. The van der Waals surface area contributed by atoms with Gasteiger partial charge in [0.2, 0.25) is 0 Å². The van der Waals surface area contributed by atoms with E-state index in [2.05, 4.69) is 0 Å². The molecular weight excluding hydrogens is 305 g/mol. The number of nitrogens with zero attached hydrogens (tertiary/aromatic N) is 1. The lowest BCUT2D eigenvalue weighted by Gasteiger charge is -2.36. The average molecular weight is 321 g/mol. The Morgan fingerprint density at radius 1 is 1.26 bits per heavy atom. The maximum absolute atomic E-state index is 12.6. The molecule has 0 radical (unpaired) electrons.